The van der Waals surface area contributed by atoms with Crippen LogP contribution in [0.1, 0.15) is 13.8 Å². The lowest BCUT2D eigenvalue weighted by Crippen LogP contribution is -2.36. The topological polar surface area (TPSA) is 66.5 Å². The number of pyridine rings is 1. The average Bonchev–Trinajstić information content (AvgIpc) is 2.60. The lowest BCUT2D eigenvalue weighted by molar-refractivity contribution is 0.248. The van der Waals surface area contributed by atoms with Crippen molar-refractivity contribution in [2.75, 3.05) is 31.5 Å². The lowest BCUT2D eigenvalue weighted by atomic mass is 10.3. The largest absolute Gasteiger partial charge is 0.439 e. The molecule has 2 N–H and O–H groups in total. The minimum atomic E-state index is -0.241. The van der Waals surface area contributed by atoms with Gasteiger partial charge in [0.1, 0.15) is 5.75 Å². The molecule has 0 aliphatic carbocycles. The summed E-state index contributed by atoms with van der Waals surface area (Å²) in [6, 6.07) is 10.7. The fourth-order valence-corrected chi connectivity index (χ4v) is 2.59. The number of urea groups is 1. The minimum Gasteiger partial charge on any atom is -0.439 e. The Hall–Kier alpha value is -2.12. The first-order valence-electron chi connectivity index (χ1n) is 8.27. The molecule has 1 aromatic heterocycles. The van der Waals surface area contributed by atoms with Crippen LogP contribution >= 0.6 is 15.9 Å². The van der Waals surface area contributed by atoms with Crippen molar-refractivity contribution < 1.29 is 9.53 Å². The number of hydrogen-bond acceptors (Lipinski definition) is 4. The number of hydrogen-bond donors (Lipinski definition) is 2. The smallest absolute Gasteiger partial charge is 0.319 e. The molecule has 25 heavy (non-hydrogen) atoms. The summed E-state index contributed by atoms with van der Waals surface area (Å²) in [5, 5.41) is 5.59. The number of rotatable bonds is 8. The van der Waals surface area contributed by atoms with Gasteiger partial charge in [0.05, 0.1) is 11.9 Å². The fourth-order valence-electron chi connectivity index (χ4n) is 2.21. The zero-order valence-corrected chi connectivity index (χ0v) is 16.0. The maximum Gasteiger partial charge on any atom is 0.319 e. The number of aromatic nitrogens is 1. The number of nitrogens with zero attached hydrogens (tertiary/aromatic N) is 2. The predicted molar refractivity (Wildman–Crippen MR) is 103 cm³/mol. The SMILES string of the molecule is CCN(CC)CCNC(=O)Nc1ccc(Oc2cccc(Br)c2)nc1. The van der Waals surface area contributed by atoms with Gasteiger partial charge in [-0.3, -0.25) is 0 Å². The quantitative estimate of drug-likeness (QED) is 0.692. The van der Waals surface area contributed by atoms with E-state index in [2.05, 4.69) is 50.3 Å². The lowest BCUT2D eigenvalue weighted by Gasteiger charge is -2.18. The van der Waals surface area contributed by atoms with Crippen molar-refractivity contribution >= 4 is 27.6 Å². The van der Waals surface area contributed by atoms with Gasteiger partial charge < -0.3 is 20.3 Å². The second kappa shape index (κ2) is 10.0. The van der Waals surface area contributed by atoms with E-state index in [9.17, 15) is 4.79 Å². The predicted octanol–water partition coefficient (Wildman–Crippen LogP) is 4.10. The van der Waals surface area contributed by atoms with Crippen LogP contribution in [0, 0.1) is 0 Å². The molecule has 0 saturated carbocycles. The Bertz CT molecular complexity index is 675. The normalized spacial score (nSPS) is 10.6. The van der Waals surface area contributed by atoms with E-state index < -0.39 is 0 Å². The highest BCUT2D eigenvalue weighted by Gasteiger charge is 2.05. The van der Waals surface area contributed by atoms with Crippen molar-refractivity contribution in [1.82, 2.24) is 15.2 Å². The summed E-state index contributed by atoms with van der Waals surface area (Å²) in [6.45, 7) is 7.59. The van der Waals surface area contributed by atoms with Crippen molar-refractivity contribution in [3.05, 3.63) is 47.1 Å². The number of carbonyl (C=O) groups excluding carboxylic acids is 1. The van der Waals surface area contributed by atoms with Crippen LogP contribution in [-0.2, 0) is 0 Å². The summed E-state index contributed by atoms with van der Waals surface area (Å²) >= 11 is 3.39. The van der Waals surface area contributed by atoms with Crippen LogP contribution in [0.5, 0.6) is 11.6 Å². The average molecular weight is 407 g/mol. The molecule has 0 unspecified atom stereocenters. The molecular formula is C18H23BrN4O2. The molecule has 0 saturated heterocycles. The fraction of sp³-hybridized carbons (Fsp3) is 0.333. The van der Waals surface area contributed by atoms with Gasteiger partial charge in [0.15, 0.2) is 0 Å². The Balaban J connectivity index is 1.80. The molecule has 7 heteroatoms. The second-order valence-corrected chi connectivity index (χ2v) is 6.27. The van der Waals surface area contributed by atoms with Gasteiger partial charge >= 0.3 is 6.03 Å². The minimum absolute atomic E-state index is 0.241. The molecule has 0 aliphatic rings. The Labute approximate surface area is 156 Å². The highest BCUT2D eigenvalue weighted by Crippen LogP contribution is 2.23. The number of ether oxygens (including phenoxy) is 1. The summed E-state index contributed by atoms with van der Waals surface area (Å²) in [5.74, 6) is 1.15. The summed E-state index contributed by atoms with van der Waals surface area (Å²) in [6.07, 6.45) is 1.57. The van der Waals surface area contributed by atoms with Crippen LogP contribution in [0.15, 0.2) is 47.1 Å². The van der Waals surface area contributed by atoms with Crippen molar-refractivity contribution in [1.29, 1.82) is 0 Å². The summed E-state index contributed by atoms with van der Waals surface area (Å²) < 4.78 is 6.60. The summed E-state index contributed by atoms with van der Waals surface area (Å²) in [5.41, 5.74) is 0.613. The molecule has 0 aliphatic heterocycles. The number of nitrogens with one attached hydrogen (secondary N) is 2. The van der Waals surface area contributed by atoms with E-state index in [1.54, 1.807) is 18.3 Å². The van der Waals surface area contributed by atoms with Gasteiger partial charge in [-0.1, -0.05) is 35.8 Å². The molecule has 2 aromatic rings. The van der Waals surface area contributed by atoms with Crippen LogP contribution in [0.25, 0.3) is 0 Å². The molecule has 1 aromatic carbocycles. The van der Waals surface area contributed by atoms with Crippen molar-refractivity contribution in [2.45, 2.75) is 13.8 Å². The van der Waals surface area contributed by atoms with Gasteiger partial charge in [-0.25, -0.2) is 9.78 Å². The Kier molecular flexibility index (Phi) is 7.69. The van der Waals surface area contributed by atoms with Crippen molar-refractivity contribution in [3.63, 3.8) is 0 Å². The number of amides is 2. The van der Waals surface area contributed by atoms with Gasteiger partial charge in [0.2, 0.25) is 5.88 Å². The van der Waals surface area contributed by atoms with Gasteiger partial charge in [0, 0.05) is 23.6 Å². The third-order valence-corrected chi connectivity index (χ3v) is 4.11. The number of carbonyl (C=O) groups is 1. The molecule has 0 spiro atoms. The number of likely N-dealkylation sites (N-methyl/N-ethyl adjacent to an activating group) is 1. The molecule has 0 fully saturated rings. The van der Waals surface area contributed by atoms with E-state index in [1.165, 1.54) is 0 Å². The number of benzene rings is 1. The molecule has 0 bridgehead atoms. The third kappa shape index (κ3) is 6.72. The summed E-state index contributed by atoms with van der Waals surface area (Å²) in [7, 11) is 0. The highest BCUT2D eigenvalue weighted by molar-refractivity contribution is 9.10. The zero-order valence-electron chi connectivity index (χ0n) is 14.5. The van der Waals surface area contributed by atoms with Crippen LogP contribution in [0.2, 0.25) is 0 Å². The molecular weight excluding hydrogens is 384 g/mol. The van der Waals surface area contributed by atoms with Crippen LogP contribution in [-0.4, -0.2) is 42.1 Å². The molecule has 0 atom stereocenters. The second-order valence-electron chi connectivity index (χ2n) is 5.35. The van der Waals surface area contributed by atoms with Crippen LogP contribution < -0.4 is 15.4 Å². The summed E-state index contributed by atoms with van der Waals surface area (Å²) in [4.78, 5) is 18.3. The van der Waals surface area contributed by atoms with Crippen LogP contribution in [0.4, 0.5) is 10.5 Å². The maximum absolute atomic E-state index is 11.9. The van der Waals surface area contributed by atoms with Gasteiger partial charge in [-0.05, 0) is 37.4 Å². The standard InChI is InChI=1S/C18H23BrN4O2/c1-3-23(4-2)11-10-20-18(24)22-15-8-9-17(21-13-15)25-16-7-5-6-14(19)12-16/h5-9,12-13H,3-4,10-11H2,1-2H3,(H2,20,22,24). The number of halogens is 1. The Morgan fingerprint density at radius 3 is 2.68 bits per heavy atom. The molecule has 6 nitrogen and oxygen atoms in total. The first kappa shape index (κ1) is 19.2. The highest BCUT2D eigenvalue weighted by atomic mass is 79.9. The van der Waals surface area contributed by atoms with E-state index >= 15 is 0 Å². The van der Waals surface area contributed by atoms with Gasteiger partial charge in [-0.2, -0.15) is 0 Å². The van der Waals surface area contributed by atoms with E-state index in [0.29, 0.717) is 23.9 Å². The molecule has 2 amide bonds. The molecule has 0 radical (unpaired) electrons. The monoisotopic (exact) mass is 406 g/mol. The Morgan fingerprint density at radius 1 is 1.24 bits per heavy atom. The zero-order chi connectivity index (χ0) is 18.1. The first-order valence-corrected chi connectivity index (χ1v) is 9.06. The molecule has 2 rings (SSSR count). The van der Waals surface area contributed by atoms with Gasteiger partial charge in [-0.15, -0.1) is 0 Å². The van der Waals surface area contributed by atoms with E-state index in [1.807, 2.05) is 24.3 Å². The van der Waals surface area contributed by atoms with Crippen LogP contribution in [0.3, 0.4) is 0 Å². The van der Waals surface area contributed by atoms with Crippen molar-refractivity contribution in [2.24, 2.45) is 0 Å². The Morgan fingerprint density at radius 2 is 2.04 bits per heavy atom. The third-order valence-electron chi connectivity index (χ3n) is 3.62. The van der Waals surface area contributed by atoms with E-state index in [0.717, 1.165) is 24.1 Å². The van der Waals surface area contributed by atoms with Gasteiger partial charge in [0.25, 0.3) is 0 Å². The number of anilines is 1. The van der Waals surface area contributed by atoms with E-state index in [-0.39, 0.29) is 6.03 Å². The van der Waals surface area contributed by atoms with E-state index in [4.69, 9.17) is 4.74 Å². The molecule has 134 valence electrons. The first-order chi connectivity index (χ1) is 12.1. The maximum atomic E-state index is 11.9. The van der Waals surface area contributed by atoms with Crippen molar-refractivity contribution in [3.8, 4) is 11.6 Å². The molecule has 1 heterocycles.